The number of anilines is 1. The van der Waals surface area contributed by atoms with Gasteiger partial charge in [-0.25, -0.2) is 0 Å². The maximum atomic E-state index is 5.97. The van der Waals surface area contributed by atoms with E-state index in [1.165, 1.54) is 6.33 Å². The Labute approximate surface area is 91.8 Å². The number of rotatable bonds is 3. The van der Waals surface area contributed by atoms with E-state index in [0.717, 1.165) is 11.4 Å². The summed E-state index contributed by atoms with van der Waals surface area (Å²) < 4.78 is 1.62. The van der Waals surface area contributed by atoms with E-state index in [1.807, 2.05) is 6.92 Å². The molecule has 0 unspecified atom stereocenters. The molecule has 2 rings (SSSR count). The fraction of sp³-hybridized carbons (Fsp3) is 0.222. The van der Waals surface area contributed by atoms with Crippen molar-refractivity contribution < 1.29 is 0 Å². The highest BCUT2D eigenvalue weighted by Crippen LogP contribution is 2.21. The summed E-state index contributed by atoms with van der Waals surface area (Å²) in [5, 5.41) is 7.64. The molecule has 6 heteroatoms. The Hall–Kier alpha value is -1.62. The third kappa shape index (κ3) is 1.66. The summed E-state index contributed by atoms with van der Waals surface area (Å²) in [4.78, 5) is 8.07. The van der Waals surface area contributed by atoms with Gasteiger partial charge in [0, 0.05) is 12.1 Å². The van der Waals surface area contributed by atoms with Gasteiger partial charge in [-0.2, -0.15) is 19.6 Å². The first kappa shape index (κ1) is 9.92. The Morgan fingerprint density at radius 2 is 2.47 bits per heavy atom. The number of halogens is 1. The monoisotopic (exact) mass is 223 g/mol. The first-order valence-corrected chi connectivity index (χ1v) is 4.82. The lowest BCUT2D eigenvalue weighted by Gasteiger charge is -2.09. The molecule has 0 aliphatic carbocycles. The molecule has 0 aromatic carbocycles. The number of fused-ring (bicyclic) bond motifs is 1. The van der Waals surface area contributed by atoms with Crippen LogP contribution in [-0.4, -0.2) is 26.1 Å². The molecule has 0 radical (unpaired) electrons. The lowest BCUT2D eigenvalue weighted by Crippen LogP contribution is -2.08. The first-order chi connectivity index (χ1) is 7.24. The van der Waals surface area contributed by atoms with Crippen molar-refractivity contribution >= 4 is 23.2 Å². The standard InChI is InChI=1S/C9H10ClN5/c1-3-4-11-8-6(2)7(10)14-9-12-5-13-15(8)9/h3,5,11H,1,4H2,2H3. The minimum atomic E-state index is 0.432. The second-order valence-electron chi connectivity index (χ2n) is 3.02. The molecule has 5 nitrogen and oxygen atoms in total. The van der Waals surface area contributed by atoms with E-state index in [1.54, 1.807) is 10.6 Å². The number of nitrogens with zero attached hydrogens (tertiary/aromatic N) is 4. The van der Waals surface area contributed by atoms with Crippen LogP contribution in [0.2, 0.25) is 5.15 Å². The van der Waals surface area contributed by atoms with Gasteiger partial charge < -0.3 is 5.32 Å². The summed E-state index contributed by atoms with van der Waals surface area (Å²) >= 11 is 5.97. The van der Waals surface area contributed by atoms with E-state index >= 15 is 0 Å². The SMILES string of the molecule is C=CCNc1c(C)c(Cl)nc2ncnn12. The molecule has 2 aromatic heterocycles. The Balaban J connectivity index is 2.60. The van der Waals surface area contributed by atoms with Gasteiger partial charge in [-0.1, -0.05) is 17.7 Å². The van der Waals surface area contributed by atoms with Crippen LogP contribution in [0.25, 0.3) is 5.78 Å². The molecule has 0 aliphatic rings. The summed E-state index contributed by atoms with van der Waals surface area (Å²) in [7, 11) is 0. The van der Waals surface area contributed by atoms with Crippen LogP contribution in [-0.2, 0) is 0 Å². The number of hydrogen-bond acceptors (Lipinski definition) is 4. The van der Waals surface area contributed by atoms with Crippen molar-refractivity contribution in [1.29, 1.82) is 0 Å². The van der Waals surface area contributed by atoms with Crippen molar-refractivity contribution in [1.82, 2.24) is 19.6 Å². The average Bonchev–Trinajstić information content (AvgIpc) is 2.66. The summed E-state index contributed by atoms with van der Waals surface area (Å²) in [6.07, 6.45) is 3.20. The third-order valence-electron chi connectivity index (χ3n) is 2.02. The van der Waals surface area contributed by atoms with Crippen molar-refractivity contribution in [2.24, 2.45) is 0 Å². The van der Waals surface area contributed by atoms with Gasteiger partial charge in [0.2, 0.25) is 0 Å². The molecule has 0 atom stereocenters. The Morgan fingerprint density at radius 3 is 3.20 bits per heavy atom. The molecule has 15 heavy (non-hydrogen) atoms. The Morgan fingerprint density at radius 1 is 1.67 bits per heavy atom. The smallest absolute Gasteiger partial charge is 0.255 e. The molecule has 0 amide bonds. The van der Waals surface area contributed by atoms with E-state index in [9.17, 15) is 0 Å². The van der Waals surface area contributed by atoms with Gasteiger partial charge in [0.25, 0.3) is 5.78 Å². The van der Waals surface area contributed by atoms with Gasteiger partial charge in [0.15, 0.2) is 0 Å². The van der Waals surface area contributed by atoms with Crippen molar-refractivity contribution in [2.75, 3.05) is 11.9 Å². The summed E-state index contributed by atoms with van der Waals surface area (Å²) in [5.41, 5.74) is 0.844. The normalized spacial score (nSPS) is 10.5. The second kappa shape index (κ2) is 3.86. The molecule has 78 valence electrons. The van der Waals surface area contributed by atoms with Crippen molar-refractivity contribution in [3.63, 3.8) is 0 Å². The van der Waals surface area contributed by atoms with E-state index in [0.29, 0.717) is 17.5 Å². The van der Waals surface area contributed by atoms with Crippen molar-refractivity contribution in [3.05, 3.63) is 29.7 Å². The zero-order valence-corrected chi connectivity index (χ0v) is 8.99. The molecule has 0 saturated heterocycles. The van der Waals surface area contributed by atoms with E-state index in [-0.39, 0.29) is 0 Å². The Kier molecular flexibility index (Phi) is 2.55. The molecule has 1 N–H and O–H groups in total. The Bertz CT molecular complexity index is 504. The molecule has 0 fully saturated rings. The van der Waals surface area contributed by atoms with Gasteiger partial charge in [-0.15, -0.1) is 6.58 Å². The van der Waals surface area contributed by atoms with Crippen LogP contribution >= 0.6 is 11.6 Å². The van der Waals surface area contributed by atoms with Crippen LogP contribution in [0.3, 0.4) is 0 Å². The summed E-state index contributed by atoms with van der Waals surface area (Å²) in [6.45, 7) is 6.15. The molecule has 0 spiro atoms. The molecular weight excluding hydrogens is 214 g/mol. The highest BCUT2D eigenvalue weighted by molar-refractivity contribution is 6.30. The predicted molar refractivity (Wildman–Crippen MR) is 59.2 cm³/mol. The third-order valence-corrected chi connectivity index (χ3v) is 2.39. The molecular formula is C9H10ClN5. The predicted octanol–water partition coefficient (Wildman–Crippen LogP) is 1.68. The second-order valence-corrected chi connectivity index (χ2v) is 3.38. The van der Waals surface area contributed by atoms with Crippen LogP contribution in [0.4, 0.5) is 5.82 Å². The van der Waals surface area contributed by atoms with E-state index in [4.69, 9.17) is 11.6 Å². The summed E-state index contributed by atoms with van der Waals surface area (Å²) in [6, 6.07) is 0. The van der Waals surface area contributed by atoms with Gasteiger partial charge in [0.1, 0.15) is 17.3 Å². The fourth-order valence-corrected chi connectivity index (χ4v) is 1.44. The van der Waals surface area contributed by atoms with Gasteiger partial charge in [-0.05, 0) is 6.92 Å². The minimum absolute atomic E-state index is 0.432. The van der Waals surface area contributed by atoms with Crippen LogP contribution in [0.1, 0.15) is 5.56 Å². The molecule has 0 aliphatic heterocycles. The number of hydrogen-bond donors (Lipinski definition) is 1. The quantitative estimate of drug-likeness (QED) is 0.636. The number of nitrogens with one attached hydrogen (secondary N) is 1. The first-order valence-electron chi connectivity index (χ1n) is 4.44. The molecule has 2 heterocycles. The van der Waals surface area contributed by atoms with Crippen LogP contribution in [0.15, 0.2) is 19.0 Å². The van der Waals surface area contributed by atoms with Crippen LogP contribution < -0.4 is 5.32 Å². The fourth-order valence-electron chi connectivity index (χ4n) is 1.27. The summed E-state index contributed by atoms with van der Waals surface area (Å²) in [5.74, 6) is 1.28. The largest absolute Gasteiger partial charge is 0.366 e. The van der Waals surface area contributed by atoms with Crippen LogP contribution in [0, 0.1) is 6.92 Å². The molecule has 2 aromatic rings. The lowest BCUT2D eigenvalue weighted by atomic mass is 10.3. The van der Waals surface area contributed by atoms with Gasteiger partial charge in [-0.3, -0.25) is 0 Å². The maximum Gasteiger partial charge on any atom is 0.255 e. The zero-order valence-electron chi connectivity index (χ0n) is 8.24. The van der Waals surface area contributed by atoms with E-state index < -0.39 is 0 Å². The van der Waals surface area contributed by atoms with Crippen LogP contribution in [0.5, 0.6) is 0 Å². The van der Waals surface area contributed by atoms with E-state index in [2.05, 4.69) is 27.0 Å². The maximum absolute atomic E-state index is 5.97. The average molecular weight is 224 g/mol. The molecule has 0 bridgehead atoms. The minimum Gasteiger partial charge on any atom is -0.366 e. The molecule has 0 saturated carbocycles. The topological polar surface area (TPSA) is 55.1 Å². The lowest BCUT2D eigenvalue weighted by molar-refractivity contribution is 0.926. The highest BCUT2D eigenvalue weighted by atomic mass is 35.5. The van der Waals surface area contributed by atoms with Gasteiger partial charge in [0.05, 0.1) is 0 Å². The van der Waals surface area contributed by atoms with Gasteiger partial charge >= 0.3 is 0 Å². The zero-order chi connectivity index (χ0) is 10.8. The highest BCUT2D eigenvalue weighted by Gasteiger charge is 2.10. The van der Waals surface area contributed by atoms with Crippen molar-refractivity contribution in [2.45, 2.75) is 6.92 Å². The number of aromatic nitrogens is 4. The van der Waals surface area contributed by atoms with Crippen molar-refractivity contribution in [3.8, 4) is 0 Å².